The Labute approximate surface area is 160 Å². The number of carbonyl (C=O) groups excluding carboxylic acids is 2. The number of para-hydroxylation sites is 1. The van der Waals surface area contributed by atoms with Crippen molar-refractivity contribution in [2.24, 2.45) is 0 Å². The Balaban J connectivity index is 1.52. The van der Waals surface area contributed by atoms with Gasteiger partial charge in [0, 0.05) is 0 Å². The molecule has 1 aliphatic heterocycles. The van der Waals surface area contributed by atoms with E-state index in [-0.39, 0.29) is 30.5 Å². The van der Waals surface area contributed by atoms with Gasteiger partial charge >= 0.3 is 0 Å². The second kappa shape index (κ2) is 7.19. The molecule has 1 aromatic heterocycles. The summed E-state index contributed by atoms with van der Waals surface area (Å²) in [6.45, 7) is 2.04. The lowest BCUT2D eigenvalue weighted by Crippen LogP contribution is -2.38. The molecular weight excluding hydrogens is 363 g/mol. The van der Waals surface area contributed by atoms with Gasteiger partial charge < -0.3 is 14.5 Å². The zero-order chi connectivity index (χ0) is 19.7. The van der Waals surface area contributed by atoms with Gasteiger partial charge in [-0.25, -0.2) is 4.39 Å². The molecule has 3 aromatic rings. The Morgan fingerprint density at radius 2 is 2.00 bits per heavy atom. The molecule has 0 bridgehead atoms. The summed E-state index contributed by atoms with van der Waals surface area (Å²) in [5.74, 6) is -0.216. The van der Waals surface area contributed by atoms with Crippen LogP contribution in [0.2, 0.25) is 0 Å². The maximum absolute atomic E-state index is 13.7. The normalized spacial score (nSPS) is 13.1. The molecule has 2 heterocycles. The Bertz CT molecular complexity index is 1060. The summed E-state index contributed by atoms with van der Waals surface area (Å²) in [6, 6.07) is 14.6. The van der Waals surface area contributed by atoms with Crippen molar-refractivity contribution >= 4 is 23.2 Å². The minimum absolute atomic E-state index is 0.0306. The highest BCUT2D eigenvalue weighted by Crippen LogP contribution is 2.34. The SMILES string of the molecule is Cc1ccc2c(c1)OCC(=O)N2Cc1ccc(C(=O)Nc2ccccc2F)o1. The molecule has 2 amide bonds. The smallest absolute Gasteiger partial charge is 0.291 e. The van der Waals surface area contributed by atoms with E-state index in [4.69, 9.17) is 9.15 Å². The van der Waals surface area contributed by atoms with Gasteiger partial charge in [0.05, 0.1) is 17.9 Å². The number of halogens is 1. The average molecular weight is 380 g/mol. The molecule has 0 atom stereocenters. The van der Waals surface area contributed by atoms with Gasteiger partial charge in [-0.3, -0.25) is 14.5 Å². The van der Waals surface area contributed by atoms with Crippen molar-refractivity contribution in [3.63, 3.8) is 0 Å². The number of rotatable bonds is 4. The first-order valence-corrected chi connectivity index (χ1v) is 8.69. The van der Waals surface area contributed by atoms with Crippen LogP contribution in [0, 0.1) is 12.7 Å². The molecule has 0 spiro atoms. The van der Waals surface area contributed by atoms with Crippen molar-refractivity contribution in [2.75, 3.05) is 16.8 Å². The van der Waals surface area contributed by atoms with Gasteiger partial charge in [-0.2, -0.15) is 0 Å². The van der Waals surface area contributed by atoms with Crippen molar-refractivity contribution in [3.05, 3.63) is 77.5 Å². The lowest BCUT2D eigenvalue weighted by Gasteiger charge is -2.28. The highest BCUT2D eigenvalue weighted by atomic mass is 19.1. The van der Waals surface area contributed by atoms with Crippen LogP contribution < -0.4 is 15.0 Å². The van der Waals surface area contributed by atoms with Crippen LogP contribution in [0.1, 0.15) is 21.9 Å². The fourth-order valence-electron chi connectivity index (χ4n) is 2.97. The van der Waals surface area contributed by atoms with Crippen LogP contribution in [0.25, 0.3) is 0 Å². The van der Waals surface area contributed by atoms with Crippen LogP contribution in [0.4, 0.5) is 15.8 Å². The zero-order valence-electron chi connectivity index (χ0n) is 15.1. The molecule has 0 fully saturated rings. The van der Waals surface area contributed by atoms with Crippen LogP contribution in [0.3, 0.4) is 0 Å². The van der Waals surface area contributed by atoms with Crippen molar-refractivity contribution < 1.29 is 23.1 Å². The van der Waals surface area contributed by atoms with Gasteiger partial charge in [-0.15, -0.1) is 0 Å². The minimum atomic E-state index is -0.569. The van der Waals surface area contributed by atoms with E-state index >= 15 is 0 Å². The van der Waals surface area contributed by atoms with Crippen LogP contribution in [-0.2, 0) is 11.3 Å². The molecule has 0 unspecified atom stereocenters. The van der Waals surface area contributed by atoms with Gasteiger partial charge in [0.15, 0.2) is 12.4 Å². The molecule has 6 nitrogen and oxygen atoms in total. The Hall–Kier alpha value is -3.61. The number of furan rings is 1. The number of carbonyl (C=O) groups is 2. The highest BCUT2D eigenvalue weighted by molar-refractivity contribution is 6.02. The Morgan fingerprint density at radius 1 is 1.18 bits per heavy atom. The summed E-state index contributed by atoms with van der Waals surface area (Å²) in [5, 5.41) is 2.47. The summed E-state index contributed by atoms with van der Waals surface area (Å²) < 4.78 is 24.8. The fraction of sp³-hybridized carbons (Fsp3) is 0.143. The molecule has 0 saturated carbocycles. The number of benzene rings is 2. The van der Waals surface area contributed by atoms with E-state index in [0.717, 1.165) is 5.56 Å². The maximum atomic E-state index is 13.7. The third-order valence-electron chi connectivity index (χ3n) is 4.38. The fourth-order valence-corrected chi connectivity index (χ4v) is 2.97. The van der Waals surface area contributed by atoms with E-state index in [1.807, 2.05) is 25.1 Å². The monoisotopic (exact) mass is 380 g/mol. The van der Waals surface area contributed by atoms with Crippen LogP contribution in [-0.4, -0.2) is 18.4 Å². The van der Waals surface area contributed by atoms with Crippen LogP contribution >= 0.6 is 0 Å². The zero-order valence-corrected chi connectivity index (χ0v) is 15.1. The Kier molecular flexibility index (Phi) is 4.57. The van der Waals surface area contributed by atoms with Gasteiger partial charge in [-0.1, -0.05) is 18.2 Å². The molecule has 1 N–H and O–H groups in total. The van der Waals surface area contributed by atoms with Crippen molar-refractivity contribution in [3.8, 4) is 5.75 Å². The molecule has 0 aliphatic carbocycles. The molecule has 7 heteroatoms. The first-order chi connectivity index (χ1) is 13.5. The summed E-state index contributed by atoms with van der Waals surface area (Å²) in [6.07, 6.45) is 0. The largest absolute Gasteiger partial charge is 0.482 e. The number of amides is 2. The molecule has 142 valence electrons. The van der Waals surface area contributed by atoms with E-state index in [1.165, 1.54) is 24.3 Å². The lowest BCUT2D eigenvalue weighted by atomic mass is 10.1. The highest BCUT2D eigenvalue weighted by Gasteiger charge is 2.27. The van der Waals surface area contributed by atoms with E-state index < -0.39 is 11.7 Å². The first kappa shape index (κ1) is 17.8. The van der Waals surface area contributed by atoms with E-state index in [1.54, 1.807) is 17.0 Å². The second-order valence-electron chi connectivity index (χ2n) is 6.44. The van der Waals surface area contributed by atoms with Gasteiger partial charge in [0.1, 0.15) is 17.3 Å². The third-order valence-corrected chi connectivity index (χ3v) is 4.38. The summed E-state index contributed by atoms with van der Waals surface area (Å²) in [7, 11) is 0. The van der Waals surface area contributed by atoms with Crippen molar-refractivity contribution in [2.45, 2.75) is 13.5 Å². The van der Waals surface area contributed by atoms with Crippen LogP contribution in [0.5, 0.6) is 5.75 Å². The number of fused-ring (bicyclic) bond motifs is 1. The van der Waals surface area contributed by atoms with E-state index in [9.17, 15) is 14.0 Å². The molecular formula is C21H17FN2O4. The standard InChI is InChI=1S/C21H17FN2O4/c1-13-6-8-17-19(10-13)27-12-20(25)24(17)11-14-7-9-18(28-14)21(26)23-16-5-3-2-4-15(16)22/h2-10H,11-12H2,1H3,(H,23,26). The number of aryl methyl sites for hydroxylation is 1. The van der Waals surface area contributed by atoms with E-state index in [0.29, 0.717) is 17.2 Å². The third kappa shape index (κ3) is 3.46. The molecule has 28 heavy (non-hydrogen) atoms. The predicted octanol–water partition coefficient (Wildman–Crippen LogP) is 3.91. The molecule has 4 rings (SSSR count). The minimum Gasteiger partial charge on any atom is -0.482 e. The second-order valence-corrected chi connectivity index (χ2v) is 6.44. The molecule has 2 aromatic carbocycles. The number of hydrogen-bond acceptors (Lipinski definition) is 4. The topological polar surface area (TPSA) is 71.8 Å². The lowest BCUT2D eigenvalue weighted by molar-refractivity contribution is -0.121. The van der Waals surface area contributed by atoms with E-state index in [2.05, 4.69) is 5.32 Å². The summed E-state index contributed by atoms with van der Waals surface area (Å²) in [5.41, 5.74) is 1.74. The number of nitrogens with one attached hydrogen (secondary N) is 1. The summed E-state index contributed by atoms with van der Waals surface area (Å²) >= 11 is 0. The number of hydrogen-bond donors (Lipinski definition) is 1. The Morgan fingerprint density at radius 3 is 2.82 bits per heavy atom. The van der Waals surface area contributed by atoms with Crippen molar-refractivity contribution in [1.82, 2.24) is 0 Å². The molecule has 0 saturated heterocycles. The molecule has 1 aliphatic rings. The van der Waals surface area contributed by atoms with Crippen LogP contribution in [0.15, 0.2) is 59.0 Å². The first-order valence-electron chi connectivity index (χ1n) is 8.69. The summed E-state index contributed by atoms with van der Waals surface area (Å²) in [4.78, 5) is 26.2. The number of nitrogens with zero attached hydrogens (tertiary/aromatic N) is 1. The number of ether oxygens (including phenoxy) is 1. The van der Waals surface area contributed by atoms with Crippen molar-refractivity contribution in [1.29, 1.82) is 0 Å². The quantitative estimate of drug-likeness (QED) is 0.745. The predicted molar refractivity (Wildman–Crippen MR) is 101 cm³/mol. The average Bonchev–Trinajstić information content (AvgIpc) is 3.15. The van der Waals surface area contributed by atoms with Gasteiger partial charge in [-0.05, 0) is 48.9 Å². The maximum Gasteiger partial charge on any atom is 0.291 e. The molecule has 0 radical (unpaired) electrons. The van der Waals surface area contributed by atoms with Gasteiger partial charge in [0.25, 0.3) is 11.8 Å². The number of anilines is 2. The van der Waals surface area contributed by atoms with Gasteiger partial charge in [0.2, 0.25) is 0 Å².